The Bertz CT molecular complexity index is 1140. The van der Waals surface area contributed by atoms with Crippen molar-refractivity contribution < 1.29 is 17.9 Å². The number of aryl methyl sites for hydroxylation is 1. The third-order valence-electron chi connectivity index (χ3n) is 5.73. The maximum Gasteiger partial charge on any atom is 0.416 e. The van der Waals surface area contributed by atoms with Crippen molar-refractivity contribution in [3.8, 4) is 0 Å². The molecule has 0 spiro atoms. The number of aromatic nitrogens is 2. The number of nitrogen functional groups attached to an aromatic ring is 1. The van der Waals surface area contributed by atoms with E-state index in [-0.39, 0.29) is 16.8 Å². The molecule has 0 radical (unpaired) electrons. The smallest absolute Gasteiger partial charge is 0.399 e. The van der Waals surface area contributed by atoms with E-state index in [2.05, 4.69) is 20.4 Å². The molecule has 32 heavy (non-hydrogen) atoms. The average Bonchev–Trinajstić information content (AvgIpc) is 2.76. The molecule has 1 saturated heterocycles. The first-order valence-corrected chi connectivity index (χ1v) is 10.2. The first-order chi connectivity index (χ1) is 15.1. The Morgan fingerprint density at radius 3 is 2.47 bits per heavy atom. The number of halogens is 3. The van der Waals surface area contributed by atoms with E-state index in [0.29, 0.717) is 19.0 Å². The number of nitrogens with one attached hydrogen (secondary N) is 1. The Labute approximate surface area is 183 Å². The Hall–Kier alpha value is -3.11. The minimum atomic E-state index is -4.53. The summed E-state index contributed by atoms with van der Waals surface area (Å²) in [7, 11) is 0. The lowest BCUT2D eigenvalue weighted by atomic mass is 9.98. The molecule has 5 N–H and O–H groups in total. The molecule has 170 valence electrons. The Morgan fingerprint density at radius 1 is 1.06 bits per heavy atom. The molecule has 1 aliphatic heterocycles. The molecule has 7 nitrogen and oxygen atoms in total. The number of anilines is 3. The molecule has 1 atom stereocenters. The number of morpholine rings is 1. The van der Waals surface area contributed by atoms with E-state index in [0.717, 1.165) is 41.3 Å². The van der Waals surface area contributed by atoms with Crippen LogP contribution in [0.2, 0.25) is 0 Å². The van der Waals surface area contributed by atoms with E-state index in [1.165, 1.54) is 13.0 Å². The quantitative estimate of drug-likeness (QED) is 0.414. The topological polar surface area (TPSA) is 102 Å². The monoisotopic (exact) mass is 446 g/mol. The van der Waals surface area contributed by atoms with Crippen LogP contribution in [0, 0.1) is 13.8 Å². The van der Waals surface area contributed by atoms with Crippen molar-refractivity contribution in [3.63, 3.8) is 0 Å². The third kappa shape index (κ3) is 4.28. The number of nitrogens with two attached hydrogens (primary N) is 2. The van der Waals surface area contributed by atoms with Crippen LogP contribution in [0.25, 0.3) is 10.8 Å². The normalized spacial score (nSPS) is 15.8. The molecule has 0 amide bonds. The maximum atomic E-state index is 13.4. The van der Waals surface area contributed by atoms with E-state index >= 15 is 0 Å². The van der Waals surface area contributed by atoms with Gasteiger partial charge in [-0.3, -0.25) is 0 Å². The van der Waals surface area contributed by atoms with Crippen LogP contribution in [0.4, 0.5) is 30.4 Å². The first kappa shape index (κ1) is 22.1. The second-order valence-corrected chi connectivity index (χ2v) is 7.87. The fourth-order valence-electron chi connectivity index (χ4n) is 4.00. The van der Waals surface area contributed by atoms with Gasteiger partial charge in [0.2, 0.25) is 0 Å². The third-order valence-corrected chi connectivity index (χ3v) is 5.73. The molecule has 0 unspecified atom stereocenters. The van der Waals surface area contributed by atoms with Crippen molar-refractivity contribution in [3.05, 3.63) is 52.7 Å². The zero-order valence-electron chi connectivity index (χ0n) is 17.8. The van der Waals surface area contributed by atoms with Gasteiger partial charge >= 0.3 is 6.18 Å². The van der Waals surface area contributed by atoms with Gasteiger partial charge in [0, 0.05) is 35.2 Å². The summed E-state index contributed by atoms with van der Waals surface area (Å²) >= 11 is 0. The summed E-state index contributed by atoms with van der Waals surface area (Å²) in [4.78, 5) is 2.21. The molecule has 1 fully saturated rings. The van der Waals surface area contributed by atoms with E-state index in [1.807, 2.05) is 25.1 Å². The number of ether oxygens (including phenoxy) is 1. The van der Waals surface area contributed by atoms with Crippen molar-refractivity contribution in [2.75, 3.05) is 42.3 Å². The molecule has 3 aromatic rings. The lowest BCUT2D eigenvalue weighted by Gasteiger charge is -2.29. The SMILES string of the molecule is Cc1c([C@@H](N)Nc2nnc(C)c3ccc(N4CCOCC4)cc23)cc(N)cc1C(F)(F)F. The number of rotatable bonds is 4. The Kier molecular flexibility index (Phi) is 5.83. The number of hydrogen-bond acceptors (Lipinski definition) is 7. The lowest BCUT2D eigenvalue weighted by molar-refractivity contribution is -0.138. The van der Waals surface area contributed by atoms with Crippen molar-refractivity contribution >= 4 is 28.0 Å². The highest BCUT2D eigenvalue weighted by Gasteiger charge is 2.34. The van der Waals surface area contributed by atoms with Gasteiger partial charge in [-0.1, -0.05) is 6.07 Å². The highest BCUT2D eigenvalue weighted by Crippen LogP contribution is 2.37. The minimum absolute atomic E-state index is 0.00960. The van der Waals surface area contributed by atoms with E-state index < -0.39 is 17.9 Å². The van der Waals surface area contributed by atoms with E-state index in [1.54, 1.807) is 0 Å². The van der Waals surface area contributed by atoms with Crippen LogP contribution >= 0.6 is 0 Å². The van der Waals surface area contributed by atoms with Gasteiger partial charge in [-0.25, -0.2) is 0 Å². The molecule has 0 bridgehead atoms. The summed E-state index contributed by atoms with van der Waals surface area (Å²) in [5.41, 5.74) is 13.2. The number of benzene rings is 2. The summed E-state index contributed by atoms with van der Waals surface area (Å²) in [6, 6.07) is 8.34. The standard InChI is InChI=1S/C22H25F3N6O/c1-12-17(9-14(26)10-19(12)22(23,24)25)20(27)28-21-18-11-15(31-5-7-32-8-6-31)3-4-16(18)13(2)29-30-21/h3-4,9-11,20H,5-8,26-27H2,1-2H3,(H,28,30)/t20-/m0/s1. The predicted octanol–water partition coefficient (Wildman–Crippen LogP) is 3.75. The lowest BCUT2D eigenvalue weighted by Crippen LogP contribution is -2.36. The van der Waals surface area contributed by atoms with Gasteiger partial charge in [0.1, 0.15) is 6.17 Å². The summed E-state index contributed by atoms with van der Waals surface area (Å²) in [5, 5.41) is 13.1. The predicted molar refractivity (Wildman–Crippen MR) is 118 cm³/mol. The summed E-state index contributed by atoms with van der Waals surface area (Å²) < 4.78 is 45.7. The molecule has 4 rings (SSSR count). The second kappa shape index (κ2) is 8.44. The molecule has 2 aromatic carbocycles. The number of alkyl halides is 3. The zero-order chi connectivity index (χ0) is 23.0. The second-order valence-electron chi connectivity index (χ2n) is 7.87. The van der Waals surface area contributed by atoms with E-state index in [4.69, 9.17) is 16.2 Å². The number of nitrogens with zero attached hydrogens (tertiary/aromatic N) is 3. The summed E-state index contributed by atoms with van der Waals surface area (Å²) in [6.45, 7) is 6.08. The van der Waals surface area contributed by atoms with Crippen molar-refractivity contribution in [2.45, 2.75) is 26.2 Å². The van der Waals surface area contributed by atoms with Gasteiger partial charge < -0.3 is 26.4 Å². The summed E-state index contributed by atoms with van der Waals surface area (Å²) in [5.74, 6) is 0.392. The number of fused-ring (bicyclic) bond motifs is 1. The largest absolute Gasteiger partial charge is 0.416 e. The Balaban J connectivity index is 1.73. The van der Waals surface area contributed by atoms with Crippen LogP contribution in [0.15, 0.2) is 30.3 Å². The Morgan fingerprint density at radius 2 is 1.78 bits per heavy atom. The highest BCUT2D eigenvalue weighted by atomic mass is 19.4. The fraction of sp³-hybridized carbons (Fsp3) is 0.364. The average molecular weight is 446 g/mol. The van der Waals surface area contributed by atoms with Crippen LogP contribution in [0.5, 0.6) is 0 Å². The van der Waals surface area contributed by atoms with Gasteiger partial charge in [0.25, 0.3) is 0 Å². The minimum Gasteiger partial charge on any atom is -0.399 e. The van der Waals surface area contributed by atoms with Crippen LogP contribution < -0.4 is 21.7 Å². The van der Waals surface area contributed by atoms with Crippen molar-refractivity contribution in [1.29, 1.82) is 0 Å². The molecular weight excluding hydrogens is 421 g/mol. The van der Waals surface area contributed by atoms with Gasteiger partial charge in [-0.15, -0.1) is 5.10 Å². The van der Waals surface area contributed by atoms with Gasteiger partial charge in [0.05, 0.1) is 24.5 Å². The molecule has 2 heterocycles. The van der Waals surface area contributed by atoms with Crippen molar-refractivity contribution in [1.82, 2.24) is 10.2 Å². The maximum absolute atomic E-state index is 13.4. The summed E-state index contributed by atoms with van der Waals surface area (Å²) in [6.07, 6.45) is -5.50. The van der Waals surface area contributed by atoms with Crippen LogP contribution in [0.1, 0.15) is 28.6 Å². The van der Waals surface area contributed by atoms with Gasteiger partial charge in [0.15, 0.2) is 5.82 Å². The molecular formula is C22H25F3N6O. The fourth-order valence-corrected chi connectivity index (χ4v) is 4.00. The van der Waals surface area contributed by atoms with Crippen LogP contribution in [-0.4, -0.2) is 36.5 Å². The zero-order valence-corrected chi connectivity index (χ0v) is 17.8. The molecule has 1 aromatic heterocycles. The van der Waals surface area contributed by atoms with E-state index in [9.17, 15) is 13.2 Å². The van der Waals surface area contributed by atoms with Gasteiger partial charge in [-0.2, -0.15) is 18.3 Å². The molecule has 1 aliphatic rings. The molecule has 10 heteroatoms. The molecule has 0 aliphatic carbocycles. The highest BCUT2D eigenvalue weighted by molar-refractivity contribution is 5.95. The first-order valence-electron chi connectivity index (χ1n) is 10.2. The molecule has 0 saturated carbocycles. The van der Waals surface area contributed by atoms with Crippen LogP contribution in [0.3, 0.4) is 0 Å². The number of hydrogen-bond donors (Lipinski definition) is 3. The van der Waals surface area contributed by atoms with Crippen LogP contribution in [-0.2, 0) is 10.9 Å². The van der Waals surface area contributed by atoms with Crippen molar-refractivity contribution in [2.24, 2.45) is 5.73 Å². The van der Waals surface area contributed by atoms with Gasteiger partial charge in [-0.05, 0) is 49.2 Å².